The van der Waals surface area contributed by atoms with Crippen molar-refractivity contribution in [3.05, 3.63) is 30.1 Å². The maximum Gasteiger partial charge on any atom is 0.251 e. The summed E-state index contributed by atoms with van der Waals surface area (Å²) in [5.41, 5.74) is 1.82. The molecule has 19 heavy (non-hydrogen) atoms. The molecule has 0 bridgehead atoms. The van der Waals surface area contributed by atoms with Gasteiger partial charge in [-0.3, -0.25) is 9.78 Å². The van der Waals surface area contributed by atoms with Crippen molar-refractivity contribution >= 4 is 11.6 Å². The van der Waals surface area contributed by atoms with Gasteiger partial charge in [0.05, 0.1) is 17.7 Å². The van der Waals surface area contributed by atoms with Gasteiger partial charge in [-0.05, 0) is 31.9 Å². The van der Waals surface area contributed by atoms with E-state index in [-0.39, 0.29) is 11.8 Å². The molecule has 1 aromatic rings. The molecular formula is C15H19N3O. The third-order valence-corrected chi connectivity index (χ3v) is 4.10. The van der Waals surface area contributed by atoms with Crippen LogP contribution in [0.4, 0.5) is 0 Å². The van der Waals surface area contributed by atoms with E-state index in [0.29, 0.717) is 6.04 Å². The van der Waals surface area contributed by atoms with Crippen LogP contribution in [0.2, 0.25) is 0 Å². The highest BCUT2D eigenvalue weighted by Crippen LogP contribution is 2.29. The molecule has 100 valence electrons. The van der Waals surface area contributed by atoms with Crippen LogP contribution in [0.1, 0.15) is 44.6 Å². The first-order valence-corrected chi connectivity index (χ1v) is 7.09. The largest absolute Gasteiger partial charge is 0.272 e. The Morgan fingerprint density at radius 3 is 2.74 bits per heavy atom. The van der Waals surface area contributed by atoms with Crippen molar-refractivity contribution in [2.75, 3.05) is 0 Å². The van der Waals surface area contributed by atoms with Crippen LogP contribution in [-0.2, 0) is 4.79 Å². The Kier molecular flexibility index (Phi) is 3.32. The second-order valence-electron chi connectivity index (χ2n) is 5.42. The van der Waals surface area contributed by atoms with Crippen LogP contribution in [0.15, 0.2) is 29.6 Å². The monoisotopic (exact) mass is 257 g/mol. The van der Waals surface area contributed by atoms with Gasteiger partial charge in [0, 0.05) is 18.0 Å². The first-order valence-electron chi connectivity index (χ1n) is 7.09. The Morgan fingerprint density at radius 2 is 2.05 bits per heavy atom. The third-order valence-electron chi connectivity index (χ3n) is 4.10. The van der Waals surface area contributed by atoms with Crippen LogP contribution < -0.4 is 0 Å². The summed E-state index contributed by atoms with van der Waals surface area (Å²) in [5, 5.41) is 6.35. The minimum Gasteiger partial charge on any atom is -0.272 e. The molecule has 1 amide bonds. The number of aromatic nitrogens is 1. The summed E-state index contributed by atoms with van der Waals surface area (Å²) < 4.78 is 0. The molecule has 1 fully saturated rings. The maximum absolute atomic E-state index is 12.4. The highest BCUT2D eigenvalue weighted by molar-refractivity contribution is 6.15. The van der Waals surface area contributed by atoms with Gasteiger partial charge in [-0.1, -0.05) is 19.3 Å². The molecule has 2 aliphatic rings. The fraction of sp³-hybridized carbons (Fsp3) is 0.533. The standard InChI is InChI=1S/C15H19N3O/c1-11-14(12-6-5-9-16-10-12)17-18(15(11)19)13-7-3-2-4-8-13/h5-6,9-11,13H,2-4,7-8H2,1H3. The van der Waals surface area contributed by atoms with Crippen molar-refractivity contribution in [3.63, 3.8) is 0 Å². The van der Waals surface area contributed by atoms with Gasteiger partial charge in [0.25, 0.3) is 5.91 Å². The first-order chi connectivity index (χ1) is 9.27. The van der Waals surface area contributed by atoms with E-state index < -0.39 is 0 Å². The molecule has 1 unspecified atom stereocenters. The van der Waals surface area contributed by atoms with Gasteiger partial charge in [0.2, 0.25) is 0 Å². The van der Waals surface area contributed by atoms with Crippen LogP contribution in [0, 0.1) is 5.92 Å². The Morgan fingerprint density at radius 1 is 1.26 bits per heavy atom. The lowest BCUT2D eigenvalue weighted by atomic mass is 9.94. The molecular weight excluding hydrogens is 238 g/mol. The average Bonchev–Trinajstić information content (AvgIpc) is 2.77. The molecule has 1 saturated carbocycles. The van der Waals surface area contributed by atoms with Crippen LogP contribution in [0.3, 0.4) is 0 Å². The molecule has 0 saturated heterocycles. The Hall–Kier alpha value is -1.71. The zero-order valence-corrected chi connectivity index (χ0v) is 11.2. The van der Waals surface area contributed by atoms with Crippen molar-refractivity contribution < 1.29 is 4.79 Å². The second-order valence-corrected chi connectivity index (χ2v) is 5.42. The summed E-state index contributed by atoms with van der Waals surface area (Å²) in [6, 6.07) is 4.16. The van der Waals surface area contributed by atoms with Gasteiger partial charge in [-0.15, -0.1) is 0 Å². The van der Waals surface area contributed by atoms with E-state index in [1.54, 1.807) is 17.4 Å². The zero-order chi connectivity index (χ0) is 13.2. The molecule has 1 atom stereocenters. The summed E-state index contributed by atoms with van der Waals surface area (Å²) in [5.74, 6) is -0.00289. The second kappa shape index (κ2) is 5.11. The minimum atomic E-state index is -0.147. The maximum atomic E-state index is 12.4. The Balaban J connectivity index is 1.87. The van der Waals surface area contributed by atoms with Crippen molar-refractivity contribution in [2.45, 2.75) is 45.1 Å². The Bertz CT molecular complexity index is 491. The first kappa shape index (κ1) is 12.3. The number of hydrazone groups is 1. The summed E-state index contributed by atoms with van der Waals surface area (Å²) >= 11 is 0. The lowest BCUT2D eigenvalue weighted by Crippen LogP contribution is -2.36. The normalized spacial score (nSPS) is 24.7. The van der Waals surface area contributed by atoms with Gasteiger partial charge < -0.3 is 0 Å². The molecule has 3 rings (SSSR count). The van der Waals surface area contributed by atoms with Crippen LogP contribution in [0.5, 0.6) is 0 Å². The van der Waals surface area contributed by atoms with Crippen LogP contribution in [-0.4, -0.2) is 27.7 Å². The molecule has 1 aliphatic carbocycles. The molecule has 0 spiro atoms. The lowest BCUT2D eigenvalue weighted by Gasteiger charge is -2.28. The number of carbonyl (C=O) groups excluding carboxylic acids is 1. The summed E-state index contributed by atoms with van der Waals surface area (Å²) in [6.45, 7) is 1.94. The molecule has 1 aromatic heterocycles. The molecule has 0 radical (unpaired) electrons. The van der Waals surface area contributed by atoms with Crippen LogP contribution >= 0.6 is 0 Å². The number of pyridine rings is 1. The topological polar surface area (TPSA) is 45.6 Å². The number of nitrogens with zero attached hydrogens (tertiary/aromatic N) is 3. The predicted molar refractivity (Wildman–Crippen MR) is 73.7 cm³/mol. The number of amides is 1. The zero-order valence-electron chi connectivity index (χ0n) is 11.2. The SMILES string of the molecule is CC1C(=O)N(C2CCCCC2)N=C1c1cccnc1. The summed E-state index contributed by atoms with van der Waals surface area (Å²) in [6.07, 6.45) is 9.40. The van der Waals surface area contributed by atoms with Gasteiger partial charge in [-0.2, -0.15) is 5.10 Å². The molecule has 0 aromatic carbocycles. The van der Waals surface area contributed by atoms with E-state index in [2.05, 4.69) is 10.1 Å². The minimum absolute atomic E-state index is 0.144. The van der Waals surface area contributed by atoms with Gasteiger partial charge in [0.15, 0.2) is 0 Å². The van der Waals surface area contributed by atoms with E-state index in [1.165, 1.54) is 19.3 Å². The van der Waals surface area contributed by atoms with Crippen molar-refractivity contribution in [1.29, 1.82) is 0 Å². The Labute approximate surface area is 113 Å². The molecule has 4 heteroatoms. The molecule has 4 nitrogen and oxygen atoms in total. The van der Waals surface area contributed by atoms with Gasteiger partial charge in [-0.25, -0.2) is 5.01 Å². The predicted octanol–water partition coefficient (Wildman–Crippen LogP) is 2.60. The molecule has 0 N–H and O–H groups in total. The van der Waals surface area contributed by atoms with Crippen molar-refractivity contribution in [3.8, 4) is 0 Å². The number of hydrogen-bond acceptors (Lipinski definition) is 3. The fourth-order valence-corrected chi connectivity index (χ4v) is 2.98. The summed E-state index contributed by atoms with van der Waals surface area (Å²) in [4.78, 5) is 16.5. The highest BCUT2D eigenvalue weighted by Gasteiger charge is 2.37. The van der Waals surface area contributed by atoms with Crippen molar-refractivity contribution in [1.82, 2.24) is 9.99 Å². The number of rotatable bonds is 2. The van der Waals surface area contributed by atoms with E-state index >= 15 is 0 Å². The molecule has 2 heterocycles. The smallest absolute Gasteiger partial charge is 0.251 e. The fourth-order valence-electron chi connectivity index (χ4n) is 2.98. The quantitative estimate of drug-likeness (QED) is 0.817. The number of carbonyl (C=O) groups is 1. The average molecular weight is 257 g/mol. The van der Waals surface area contributed by atoms with Crippen LogP contribution in [0.25, 0.3) is 0 Å². The third kappa shape index (κ3) is 2.27. The van der Waals surface area contributed by atoms with E-state index in [1.807, 2.05) is 19.1 Å². The van der Waals surface area contributed by atoms with E-state index in [0.717, 1.165) is 24.1 Å². The van der Waals surface area contributed by atoms with Crippen molar-refractivity contribution in [2.24, 2.45) is 11.0 Å². The summed E-state index contributed by atoms with van der Waals surface area (Å²) in [7, 11) is 0. The lowest BCUT2D eigenvalue weighted by molar-refractivity contribution is -0.134. The van der Waals surface area contributed by atoms with Gasteiger partial charge in [0.1, 0.15) is 0 Å². The van der Waals surface area contributed by atoms with E-state index in [4.69, 9.17) is 0 Å². The van der Waals surface area contributed by atoms with Gasteiger partial charge >= 0.3 is 0 Å². The number of hydrogen-bond donors (Lipinski definition) is 0. The molecule has 1 aliphatic heterocycles. The highest BCUT2D eigenvalue weighted by atomic mass is 16.2. The van der Waals surface area contributed by atoms with E-state index in [9.17, 15) is 4.79 Å².